The van der Waals surface area contributed by atoms with E-state index in [0.717, 1.165) is 35.7 Å². The maximum atomic E-state index is 13.8. The molecule has 1 saturated heterocycles. The molecule has 0 saturated carbocycles. The summed E-state index contributed by atoms with van der Waals surface area (Å²) >= 11 is 14.0. The standard InChI is InChI=1S/C31H29Cl2F3N6O3S2/c1-40(2)47(44,45)37-19-24-28(30(43)39-41-16-4-3-5-17-41)38-42(26-14-11-22(32)18-25(26)33)29(24)27-15-13-23(46-27)12-8-20-6-9-21(10-7-20)31(34,35)36/h6-7,9-11,13-15,18,37H,3-5,16-17,19H2,1-2H3,(H,39,43). The fourth-order valence-corrected chi connectivity index (χ4v) is 6.78. The Hall–Kier alpha value is -3.42. The van der Waals surface area contributed by atoms with Crippen LogP contribution >= 0.6 is 34.5 Å². The first kappa shape index (κ1) is 34.9. The highest BCUT2D eigenvalue weighted by Crippen LogP contribution is 2.37. The Labute approximate surface area is 284 Å². The molecule has 2 aromatic heterocycles. The molecule has 1 amide bonds. The molecule has 0 bridgehead atoms. The normalized spacial score (nSPS) is 14.2. The van der Waals surface area contributed by atoms with Gasteiger partial charge >= 0.3 is 6.18 Å². The van der Waals surface area contributed by atoms with Crippen molar-refractivity contribution < 1.29 is 26.4 Å². The summed E-state index contributed by atoms with van der Waals surface area (Å²) in [6.45, 7) is 1.04. The van der Waals surface area contributed by atoms with Crippen molar-refractivity contribution in [2.75, 3.05) is 27.2 Å². The monoisotopic (exact) mass is 724 g/mol. The van der Waals surface area contributed by atoms with E-state index in [-0.39, 0.29) is 17.3 Å². The Kier molecular flexibility index (Phi) is 10.7. The summed E-state index contributed by atoms with van der Waals surface area (Å²) in [6, 6.07) is 12.8. The predicted molar refractivity (Wildman–Crippen MR) is 177 cm³/mol. The molecule has 2 N–H and O–H groups in total. The molecule has 47 heavy (non-hydrogen) atoms. The first-order valence-corrected chi connectivity index (χ1v) is 17.3. The Bertz CT molecular complexity index is 1940. The van der Waals surface area contributed by atoms with Crippen LogP contribution < -0.4 is 10.1 Å². The predicted octanol–water partition coefficient (Wildman–Crippen LogP) is 6.35. The number of rotatable bonds is 8. The van der Waals surface area contributed by atoms with E-state index in [4.69, 9.17) is 23.2 Å². The zero-order valence-corrected chi connectivity index (χ0v) is 28.3. The molecule has 2 aromatic carbocycles. The van der Waals surface area contributed by atoms with Gasteiger partial charge in [0.2, 0.25) is 0 Å². The highest BCUT2D eigenvalue weighted by molar-refractivity contribution is 7.87. The quantitative estimate of drug-likeness (QED) is 0.206. The second kappa shape index (κ2) is 14.4. The molecule has 1 fully saturated rings. The minimum absolute atomic E-state index is 0.0103. The van der Waals surface area contributed by atoms with Crippen LogP contribution in [-0.2, 0) is 22.9 Å². The van der Waals surface area contributed by atoms with Gasteiger partial charge in [-0.1, -0.05) is 41.5 Å². The van der Waals surface area contributed by atoms with Gasteiger partial charge in [-0.2, -0.15) is 35.7 Å². The molecule has 5 rings (SSSR count). The number of amides is 1. The summed E-state index contributed by atoms with van der Waals surface area (Å²) in [6.07, 6.45) is -1.56. The number of thiophene rings is 1. The summed E-state index contributed by atoms with van der Waals surface area (Å²) in [4.78, 5) is 14.9. The molecule has 248 valence electrons. The third-order valence-electron chi connectivity index (χ3n) is 7.25. The molecular weight excluding hydrogens is 696 g/mol. The van der Waals surface area contributed by atoms with Gasteiger partial charge in [-0.05, 0) is 67.4 Å². The summed E-state index contributed by atoms with van der Waals surface area (Å²) in [5.74, 6) is 5.33. The maximum Gasteiger partial charge on any atom is 0.416 e. The molecular formula is C31H29Cl2F3N6O3S2. The second-order valence-electron chi connectivity index (χ2n) is 10.8. The number of nitrogens with zero attached hydrogens (tertiary/aromatic N) is 4. The number of hydrogen-bond donors (Lipinski definition) is 2. The van der Waals surface area contributed by atoms with Crippen LogP contribution in [-0.4, -0.2) is 60.6 Å². The summed E-state index contributed by atoms with van der Waals surface area (Å²) in [7, 11) is -1.15. The Balaban J connectivity index is 1.61. The van der Waals surface area contributed by atoms with Gasteiger partial charge in [0, 0.05) is 49.9 Å². The van der Waals surface area contributed by atoms with Crippen molar-refractivity contribution in [3.63, 3.8) is 0 Å². The highest BCUT2D eigenvalue weighted by atomic mass is 35.5. The van der Waals surface area contributed by atoms with E-state index in [1.165, 1.54) is 48.3 Å². The lowest BCUT2D eigenvalue weighted by molar-refractivity contribution is -0.137. The average molecular weight is 726 g/mol. The van der Waals surface area contributed by atoms with E-state index in [1.807, 2.05) is 5.01 Å². The summed E-state index contributed by atoms with van der Waals surface area (Å²) in [5, 5.41) is 7.10. The van der Waals surface area contributed by atoms with Gasteiger partial charge in [0.1, 0.15) is 0 Å². The van der Waals surface area contributed by atoms with Crippen molar-refractivity contribution >= 4 is 50.7 Å². The third-order valence-corrected chi connectivity index (χ3v) is 10.3. The van der Waals surface area contributed by atoms with Gasteiger partial charge in [0.25, 0.3) is 16.1 Å². The van der Waals surface area contributed by atoms with Crippen molar-refractivity contribution in [1.29, 1.82) is 0 Å². The number of carbonyl (C=O) groups is 1. The molecule has 1 aliphatic heterocycles. The molecule has 0 spiro atoms. The minimum atomic E-state index is -4.45. The molecule has 4 aromatic rings. The van der Waals surface area contributed by atoms with Crippen molar-refractivity contribution in [2.45, 2.75) is 32.0 Å². The van der Waals surface area contributed by atoms with Crippen molar-refractivity contribution in [3.8, 4) is 28.1 Å². The first-order chi connectivity index (χ1) is 22.2. The van der Waals surface area contributed by atoms with E-state index in [1.54, 1.807) is 24.3 Å². The lowest BCUT2D eigenvalue weighted by Gasteiger charge is -2.26. The number of piperidine rings is 1. The Morgan fingerprint density at radius 2 is 1.72 bits per heavy atom. The maximum absolute atomic E-state index is 13.8. The average Bonchev–Trinajstić information content (AvgIpc) is 3.64. The first-order valence-electron chi connectivity index (χ1n) is 14.3. The van der Waals surface area contributed by atoms with Crippen LogP contribution in [0.4, 0.5) is 13.2 Å². The van der Waals surface area contributed by atoms with E-state index in [9.17, 15) is 26.4 Å². The van der Waals surface area contributed by atoms with Gasteiger partial charge in [-0.25, -0.2) is 9.69 Å². The molecule has 16 heteroatoms. The largest absolute Gasteiger partial charge is 0.416 e. The molecule has 0 unspecified atom stereocenters. The van der Waals surface area contributed by atoms with E-state index >= 15 is 0 Å². The van der Waals surface area contributed by atoms with Crippen LogP contribution in [0.1, 0.15) is 51.3 Å². The highest BCUT2D eigenvalue weighted by Gasteiger charge is 2.30. The molecule has 0 aliphatic carbocycles. The molecule has 0 atom stereocenters. The minimum Gasteiger partial charge on any atom is -0.283 e. The van der Waals surface area contributed by atoms with Crippen molar-refractivity contribution in [2.24, 2.45) is 0 Å². The number of carbonyl (C=O) groups excluding carboxylic acids is 1. The molecule has 0 radical (unpaired) electrons. The van der Waals surface area contributed by atoms with Crippen LogP contribution in [0.3, 0.4) is 0 Å². The number of hydrazine groups is 1. The topological polar surface area (TPSA) is 99.6 Å². The van der Waals surface area contributed by atoms with Gasteiger partial charge < -0.3 is 0 Å². The van der Waals surface area contributed by atoms with Crippen LogP contribution in [0.25, 0.3) is 16.3 Å². The molecule has 9 nitrogen and oxygen atoms in total. The smallest absolute Gasteiger partial charge is 0.283 e. The van der Waals surface area contributed by atoms with Crippen LogP contribution in [0.15, 0.2) is 54.6 Å². The van der Waals surface area contributed by atoms with Gasteiger partial charge in [-0.3, -0.25) is 10.2 Å². The lowest BCUT2D eigenvalue weighted by Crippen LogP contribution is -2.45. The zero-order valence-electron chi connectivity index (χ0n) is 25.2. The van der Waals surface area contributed by atoms with E-state index in [2.05, 4.69) is 27.1 Å². The summed E-state index contributed by atoms with van der Waals surface area (Å²) < 4.78 is 69.5. The SMILES string of the molecule is CN(C)S(=O)(=O)NCc1c(C(=O)NN2CCCCC2)nn(-c2ccc(Cl)cc2Cl)c1-c1ccc(C#Cc2ccc(C(F)(F)F)cc2)s1. The van der Waals surface area contributed by atoms with Gasteiger partial charge in [-0.15, -0.1) is 11.3 Å². The number of hydrogen-bond acceptors (Lipinski definition) is 6. The number of nitrogens with one attached hydrogen (secondary N) is 2. The van der Waals surface area contributed by atoms with Crippen molar-refractivity contribution in [3.05, 3.63) is 91.9 Å². The van der Waals surface area contributed by atoms with Crippen LogP contribution in [0.5, 0.6) is 0 Å². The van der Waals surface area contributed by atoms with E-state index in [0.29, 0.717) is 50.4 Å². The third kappa shape index (κ3) is 8.36. The van der Waals surface area contributed by atoms with Crippen LogP contribution in [0, 0.1) is 11.8 Å². The van der Waals surface area contributed by atoms with E-state index < -0.39 is 27.9 Å². The van der Waals surface area contributed by atoms with Crippen LogP contribution in [0.2, 0.25) is 10.0 Å². The number of benzene rings is 2. The number of halogens is 5. The lowest BCUT2D eigenvalue weighted by atomic mass is 10.1. The molecule has 1 aliphatic rings. The van der Waals surface area contributed by atoms with Gasteiger partial charge in [0.05, 0.1) is 31.7 Å². The number of aromatic nitrogens is 2. The summed E-state index contributed by atoms with van der Waals surface area (Å²) in [5.41, 5.74) is 3.60. The Morgan fingerprint density at radius 3 is 2.36 bits per heavy atom. The fourth-order valence-electron chi connectivity index (χ4n) is 4.78. The molecule has 3 heterocycles. The fraction of sp³-hybridized carbons (Fsp3) is 0.290. The zero-order chi connectivity index (χ0) is 33.9. The van der Waals surface area contributed by atoms with Gasteiger partial charge in [0.15, 0.2) is 5.69 Å². The van der Waals surface area contributed by atoms with Crippen molar-refractivity contribution in [1.82, 2.24) is 29.2 Å². The second-order valence-corrected chi connectivity index (χ2v) is 14.7. The number of alkyl halides is 3. The Morgan fingerprint density at radius 1 is 1.02 bits per heavy atom.